The molecular formula is C16H14BrNO3S. The number of allylic oxidation sites excluding steroid dienone is 3. The third-order valence-electron chi connectivity index (χ3n) is 4.01. The van der Waals surface area contributed by atoms with E-state index in [1.54, 1.807) is 24.8 Å². The fraction of sp³-hybridized carbons (Fsp3) is 0.250. The standard InChI is InChI=1S/C16H14BrNO3S/c1-8-9(15(20)21)7-11(17)13-12(8)18-14(19)10-5-3-4-6-16(10,2)22-13/h3-5,7H,6H2,1-2H3,(H,18,19)(H,20,21). The van der Waals surface area contributed by atoms with Crippen molar-refractivity contribution in [3.63, 3.8) is 0 Å². The smallest absolute Gasteiger partial charge is 0.336 e. The summed E-state index contributed by atoms with van der Waals surface area (Å²) in [5.41, 5.74) is 2.05. The number of halogens is 1. The molecule has 1 unspecified atom stereocenters. The Morgan fingerprint density at radius 1 is 1.50 bits per heavy atom. The van der Waals surface area contributed by atoms with Crippen LogP contribution in [0.25, 0.3) is 0 Å². The lowest BCUT2D eigenvalue weighted by atomic mass is 9.91. The lowest BCUT2D eigenvalue weighted by Crippen LogP contribution is -2.30. The van der Waals surface area contributed by atoms with Gasteiger partial charge in [-0.15, -0.1) is 11.8 Å². The molecule has 0 fully saturated rings. The number of benzene rings is 1. The van der Waals surface area contributed by atoms with E-state index in [9.17, 15) is 14.7 Å². The highest BCUT2D eigenvalue weighted by Gasteiger charge is 2.39. The first kappa shape index (κ1) is 15.4. The van der Waals surface area contributed by atoms with Crippen molar-refractivity contribution in [3.8, 4) is 0 Å². The molecule has 2 N–H and O–H groups in total. The molecule has 1 aromatic rings. The zero-order valence-electron chi connectivity index (χ0n) is 12.1. The van der Waals surface area contributed by atoms with Gasteiger partial charge in [-0.25, -0.2) is 4.79 Å². The maximum absolute atomic E-state index is 12.6. The minimum Gasteiger partial charge on any atom is -0.478 e. The Labute approximate surface area is 140 Å². The monoisotopic (exact) mass is 379 g/mol. The lowest BCUT2D eigenvalue weighted by Gasteiger charge is -2.29. The summed E-state index contributed by atoms with van der Waals surface area (Å²) in [4.78, 5) is 24.8. The number of thioether (sulfide) groups is 1. The Bertz CT molecular complexity index is 769. The number of amides is 1. The van der Waals surface area contributed by atoms with Gasteiger partial charge in [-0.2, -0.15) is 0 Å². The van der Waals surface area contributed by atoms with Gasteiger partial charge in [0.1, 0.15) is 0 Å². The molecule has 2 aliphatic rings. The van der Waals surface area contributed by atoms with Gasteiger partial charge in [0.15, 0.2) is 0 Å². The van der Waals surface area contributed by atoms with Crippen molar-refractivity contribution >= 4 is 45.3 Å². The van der Waals surface area contributed by atoms with Crippen molar-refractivity contribution in [2.24, 2.45) is 0 Å². The third-order valence-corrected chi connectivity index (χ3v) is 6.36. The number of hydrogen-bond acceptors (Lipinski definition) is 3. The minimum atomic E-state index is -1.01. The van der Waals surface area contributed by atoms with E-state index >= 15 is 0 Å². The molecule has 1 aromatic carbocycles. The molecule has 6 heteroatoms. The maximum Gasteiger partial charge on any atom is 0.336 e. The Morgan fingerprint density at radius 3 is 2.91 bits per heavy atom. The summed E-state index contributed by atoms with van der Waals surface area (Å²) >= 11 is 5.04. The molecule has 4 nitrogen and oxygen atoms in total. The van der Waals surface area contributed by atoms with Crippen LogP contribution in [0.3, 0.4) is 0 Å². The van der Waals surface area contributed by atoms with Gasteiger partial charge in [0.2, 0.25) is 0 Å². The normalized spacial score (nSPS) is 23.0. The van der Waals surface area contributed by atoms with Gasteiger partial charge < -0.3 is 10.4 Å². The van der Waals surface area contributed by atoms with Crippen LogP contribution in [0.1, 0.15) is 29.3 Å². The molecule has 0 radical (unpaired) electrons. The number of hydrogen-bond donors (Lipinski definition) is 2. The van der Waals surface area contributed by atoms with Gasteiger partial charge in [0, 0.05) is 14.9 Å². The van der Waals surface area contributed by atoms with Crippen LogP contribution in [0.2, 0.25) is 0 Å². The zero-order chi connectivity index (χ0) is 16.1. The topological polar surface area (TPSA) is 66.4 Å². The summed E-state index contributed by atoms with van der Waals surface area (Å²) in [6.45, 7) is 3.76. The third kappa shape index (κ3) is 2.30. The average Bonchev–Trinajstić information content (AvgIpc) is 2.57. The molecule has 0 spiro atoms. The number of rotatable bonds is 1. The van der Waals surface area contributed by atoms with Gasteiger partial charge in [0.05, 0.1) is 16.0 Å². The second-order valence-electron chi connectivity index (χ2n) is 5.54. The second kappa shape index (κ2) is 5.28. The van der Waals surface area contributed by atoms with Gasteiger partial charge in [-0.1, -0.05) is 18.2 Å². The molecule has 0 aromatic heterocycles. The summed E-state index contributed by atoms with van der Waals surface area (Å²) in [5, 5.41) is 12.2. The summed E-state index contributed by atoms with van der Waals surface area (Å²) < 4.78 is 0.330. The van der Waals surface area contributed by atoms with Gasteiger partial charge in [0.25, 0.3) is 5.91 Å². The van der Waals surface area contributed by atoms with Crippen molar-refractivity contribution in [1.29, 1.82) is 0 Å². The van der Waals surface area contributed by atoms with Crippen LogP contribution in [0.4, 0.5) is 5.69 Å². The summed E-state index contributed by atoms with van der Waals surface area (Å²) in [5.74, 6) is -1.18. The van der Waals surface area contributed by atoms with Crippen molar-refractivity contribution in [2.45, 2.75) is 29.9 Å². The highest BCUT2D eigenvalue weighted by Crippen LogP contribution is 2.51. The molecule has 22 heavy (non-hydrogen) atoms. The molecule has 0 bridgehead atoms. The van der Waals surface area contributed by atoms with E-state index in [1.807, 2.05) is 25.2 Å². The van der Waals surface area contributed by atoms with Crippen LogP contribution < -0.4 is 5.32 Å². The van der Waals surface area contributed by atoms with Gasteiger partial charge in [-0.3, -0.25) is 4.79 Å². The first-order chi connectivity index (χ1) is 10.3. The molecule has 0 saturated carbocycles. The van der Waals surface area contributed by atoms with E-state index in [0.717, 1.165) is 11.3 Å². The quantitative estimate of drug-likeness (QED) is 0.769. The van der Waals surface area contributed by atoms with Crippen molar-refractivity contribution in [1.82, 2.24) is 0 Å². The molecular weight excluding hydrogens is 366 g/mol. The number of fused-ring (bicyclic) bond motifs is 2. The molecule has 1 amide bonds. The van der Waals surface area contributed by atoms with E-state index in [2.05, 4.69) is 21.2 Å². The van der Waals surface area contributed by atoms with Crippen LogP contribution in [-0.4, -0.2) is 21.7 Å². The Kier molecular flexibility index (Phi) is 3.69. The maximum atomic E-state index is 12.6. The van der Waals surface area contributed by atoms with Gasteiger partial charge in [-0.05, 0) is 47.8 Å². The highest BCUT2D eigenvalue weighted by molar-refractivity contribution is 9.10. The van der Waals surface area contributed by atoms with E-state index in [-0.39, 0.29) is 16.2 Å². The fourth-order valence-electron chi connectivity index (χ4n) is 2.76. The van der Waals surface area contributed by atoms with Crippen LogP contribution in [0.15, 0.2) is 39.2 Å². The number of aromatic carboxylic acids is 1. The Balaban J connectivity index is 2.23. The van der Waals surface area contributed by atoms with Crippen LogP contribution >= 0.6 is 27.7 Å². The van der Waals surface area contributed by atoms with E-state index < -0.39 is 5.97 Å². The lowest BCUT2D eigenvalue weighted by molar-refractivity contribution is -0.113. The van der Waals surface area contributed by atoms with E-state index in [4.69, 9.17) is 0 Å². The summed E-state index contributed by atoms with van der Waals surface area (Å²) in [6, 6.07) is 1.60. The summed E-state index contributed by atoms with van der Waals surface area (Å²) in [7, 11) is 0. The largest absolute Gasteiger partial charge is 0.478 e. The first-order valence-corrected chi connectivity index (χ1v) is 8.38. The molecule has 1 aliphatic carbocycles. The molecule has 114 valence electrons. The zero-order valence-corrected chi connectivity index (χ0v) is 14.5. The predicted octanol–water partition coefficient (Wildman–Crippen LogP) is 4.14. The fourth-order valence-corrected chi connectivity index (χ4v) is 4.79. The Hall–Kier alpha value is -1.53. The molecule has 3 rings (SSSR count). The number of anilines is 1. The number of carboxylic acids is 1. The summed E-state index contributed by atoms with van der Waals surface area (Å²) in [6.07, 6.45) is 6.51. The van der Waals surface area contributed by atoms with Crippen LogP contribution in [0, 0.1) is 6.92 Å². The number of carboxylic acid groups (broad SMARTS) is 1. The molecule has 1 atom stereocenters. The van der Waals surface area contributed by atoms with E-state index in [1.165, 1.54) is 0 Å². The number of carbonyl (C=O) groups excluding carboxylic acids is 1. The van der Waals surface area contributed by atoms with Crippen LogP contribution in [-0.2, 0) is 4.79 Å². The van der Waals surface area contributed by atoms with Gasteiger partial charge >= 0.3 is 5.97 Å². The first-order valence-electron chi connectivity index (χ1n) is 6.77. The van der Waals surface area contributed by atoms with Crippen molar-refractivity contribution < 1.29 is 14.7 Å². The predicted molar refractivity (Wildman–Crippen MR) is 90.6 cm³/mol. The van der Waals surface area contributed by atoms with Crippen molar-refractivity contribution in [2.75, 3.05) is 5.32 Å². The Morgan fingerprint density at radius 2 is 2.23 bits per heavy atom. The second-order valence-corrected chi connectivity index (χ2v) is 7.91. The molecule has 1 heterocycles. The SMILES string of the molecule is Cc1c(C(=O)O)cc(Br)c2c1NC(=O)C1=CC=CCC1(C)S2. The van der Waals surface area contributed by atoms with Crippen LogP contribution in [0.5, 0.6) is 0 Å². The minimum absolute atomic E-state index is 0.171. The number of carbonyl (C=O) groups is 2. The highest BCUT2D eigenvalue weighted by atomic mass is 79.9. The van der Waals surface area contributed by atoms with Crippen molar-refractivity contribution in [3.05, 3.63) is 45.5 Å². The molecule has 1 aliphatic heterocycles. The van der Waals surface area contributed by atoms with E-state index in [0.29, 0.717) is 21.3 Å². The molecule has 0 saturated heterocycles. The number of nitrogens with one attached hydrogen (secondary N) is 1. The average molecular weight is 380 g/mol.